The number of alkyl halides is 2. The Morgan fingerprint density at radius 3 is 2.68 bits per heavy atom. The molecular weight excluding hydrogens is 487 g/mol. The van der Waals surface area contributed by atoms with Crippen LogP contribution in [-0.4, -0.2) is 34.4 Å². The first-order valence-corrected chi connectivity index (χ1v) is 11.6. The molecule has 1 N–H and O–H groups in total. The Kier molecular flexibility index (Phi) is 6.51. The highest BCUT2D eigenvalue weighted by Crippen LogP contribution is 2.33. The fourth-order valence-corrected chi connectivity index (χ4v) is 4.17. The Morgan fingerprint density at radius 2 is 1.92 bits per heavy atom. The summed E-state index contributed by atoms with van der Waals surface area (Å²) in [5, 5.41) is 7.51. The van der Waals surface area contributed by atoms with Gasteiger partial charge in [0.2, 0.25) is 0 Å². The highest BCUT2D eigenvalue weighted by Gasteiger charge is 2.35. The molecule has 4 aromatic rings. The molecule has 2 atom stereocenters. The van der Waals surface area contributed by atoms with E-state index in [9.17, 15) is 18.0 Å². The lowest BCUT2D eigenvalue weighted by Gasteiger charge is -2.28. The molecule has 0 unspecified atom stereocenters. The molecule has 0 spiro atoms. The predicted molar refractivity (Wildman–Crippen MR) is 129 cm³/mol. The van der Waals surface area contributed by atoms with Crippen molar-refractivity contribution in [3.05, 3.63) is 83.8 Å². The normalized spacial score (nSPS) is 14.9. The molecule has 7 nitrogen and oxygen atoms in total. The number of rotatable bonds is 7. The Morgan fingerprint density at radius 1 is 1.14 bits per heavy atom. The molecule has 1 amide bonds. The van der Waals surface area contributed by atoms with Crippen LogP contribution in [0.1, 0.15) is 31.1 Å². The van der Waals surface area contributed by atoms with Gasteiger partial charge in [0.15, 0.2) is 6.79 Å². The van der Waals surface area contributed by atoms with Crippen molar-refractivity contribution < 1.29 is 32.2 Å². The van der Waals surface area contributed by atoms with E-state index in [1.54, 1.807) is 60.3 Å². The highest BCUT2D eigenvalue weighted by atomic mass is 19.3. The van der Waals surface area contributed by atoms with Crippen LogP contribution >= 0.6 is 0 Å². The maximum Gasteiger partial charge on any atom is 0.321 e. The third-order valence-corrected chi connectivity index (χ3v) is 6.05. The van der Waals surface area contributed by atoms with E-state index < -0.39 is 24.0 Å². The van der Waals surface area contributed by atoms with Gasteiger partial charge in [-0.05, 0) is 67.1 Å². The van der Waals surface area contributed by atoms with Crippen LogP contribution in [0, 0.1) is 5.82 Å². The maximum absolute atomic E-state index is 13.6. The van der Waals surface area contributed by atoms with Gasteiger partial charge in [-0.2, -0.15) is 13.9 Å². The first-order valence-electron chi connectivity index (χ1n) is 11.6. The molecular formula is C27H24F3N3O4. The van der Waals surface area contributed by atoms with Gasteiger partial charge in [-0.1, -0.05) is 6.07 Å². The quantitative estimate of drug-likeness (QED) is 0.364. The van der Waals surface area contributed by atoms with E-state index in [4.69, 9.17) is 14.2 Å². The minimum absolute atomic E-state index is 0.149. The van der Waals surface area contributed by atoms with Gasteiger partial charge in [-0.15, -0.1) is 0 Å². The number of benzene rings is 3. The maximum atomic E-state index is 13.6. The first kappa shape index (κ1) is 24.6. The van der Waals surface area contributed by atoms with Crippen molar-refractivity contribution >= 4 is 16.8 Å². The molecule has 5 rings (SSSR count). The second kappa shape index (κ2) is 9.78. The standard InChI is InChI=1S/C27H24F3N3O4/c1-16(32-26(34)27(2,29)30)25(17-3-10-24-19(11-17)14-35-15-36-24)37-22-8-9-23-18(12-22)13-31-33(23)21-6-4-20(28)5-7-21/h3-13,16,25H,14-15H2,1-2H3,(H,32,34)/t16-,25-/m0/s1. The number of carbonyl (C=O) groups is 1. The van der Waals surface area contributed by atoms with Crippen LogP contribution in [0.4, 0.5) is 13.2 Å². The Labute approximate surface area is 210 Å². The predicted octanol–water partition coefficient (Wildman–Crippen LogP) is 5.31. The third-order valence-electron chi connectivity index (χ3n) is 6.05. The Hall–Kier alpha value is -4.05. The Balaban J connectivity index is 1.46. The van der Waals surface area contributed by atoms with E-state index in [2.05, 4.69) is 10.4 Å². The Bertz CT molecular complexity index is 1430. The van der Waals surface area contributed by atoms with Crippen molar-refractivity contribution in [2.45, 2.75) is 38.5 Å². The smallest absolute Gasteiger partial charge is 0.321 e. The molecule has 1 aliphatic rings. The average molecular weight is 512 g/mol. The third kappa shape index (κ3) is 5.24. The molecule has 0 aliphatic carbocycles. The summed E-state index contributed by atoms with van der Waals surface area (Å²) < 4.78 is 59.3. The molecule has 0 radical (unpaired) electrons. The molecule has 192 valence electrons. The van der Waals surface area contributed by atoms with Crippen LogP contribution in [0.5, 0.6) is 11.5 Å². The van der Waals surface area contributed by atoms with Crippen LogP contribution < -0.4 is 14.8 Å². The summed E-state index contributed by atoms with van der Waals surface area (Å²) in [6.45, 7) is 2.63. The molecule has 10 heteroatoms. The van der Waals surface area contributed by atoms with Gasteiger partial charge in [0, 0.05) is 17.9 Å². The number of carbonyl (C=O) groups excluding carboxylic acids is 1. The van der Waals surface area contributed by atoms with Crippen molar-refractivity contribution in [1.82, 2.24) is 15.1 Å². The lowest BCUT2D eigenvalue weighted by atomic mass is 9.99. The van der Waals surface area contributed by atoms with Crippen molar-refractivity contribution in [3.63, 3.8) is 0 Å². The molecule has 0 fully saturated rings. The second-order valence-corrected chi connectivity index (χ2v) is 8.92. The molecule has 3 aromatic carbocycles. The first-order chi connectivity index (χ1) is 17.7. The van der Waals surface area contributed by atoms with Crippen LogP contribution in [-0.2, 0) is 16.1 Å². The van der Waals surface area contributed by atoms with Crippen molar-refractivity contribution in [3.8, 4) is 17.2 Å². The van der Waals surface area contributed by atoms with E-state index in [0.717, 1.165) is 16.5 Å². The van der Waals surface area contributed by atoms with Crippen LogP contribution in [0.15, 0.2) is 66.9 Å². The van der Waals surface area contributed by atoms with Crippen LogP contribution in [0.2, 0.25) is 0 Å². The number of nitrogens with zero attached hydrogens (tertiary/aromatic N) is 2. The van der Waals surface area contributed by atoms with E-state index in [1.165, 1.54) is 12.1 Å². The molecule has 2 heterocycles. The number of halogens is 3. The molecule has 0 saturated heterocycles. The van der Waals surface area contributed by atoms with Gasteiger partial charge in [0.05, 0.1) is 30.0 Å². The van der Waals surface area contributed by atoms with Gasteiger partial charge in [-0.3, -0.25) is 4.79 Å². The number of hydrogen-bond donors (Lipinski definition) is 1. The van der Waals surface area contributed by atoms with Gasteiger partial charge in [0.25, 0.3) is 5.91 Å². The summed E-state index contributed by atoms with van der Waals surface area (Å²) in [6.07, 6.45) is 0.847. The fourth-order valence-electron chi connectivity index (χ4n) is 4.17. The number of ether oxygens (including phenoxy) is 3. The molecule has 0 bridgehead atoms. The van der Waals surface area contributed by atoms with Gasteiger partial charge < -0.3 is 19.5 Å². The summed E-state index contributed by atoms with van der Waals surface area (Å²) in [7, 11) is 0. The number of nitrogens with one attached hydrogen (secondary N) is 1. The van der Waals surface area contributed by atoms with E-state index in [0.29, 0.717) is 36.3 Å². The highest BCUT2D eigenvalue weighted by molar-refractivity contribution is 5.83. The van der Waals surface area contributed by atoms with Crippen molar-refractivity contribution in [1.29, 1.82) is 0 Å². The van der Waals surface area contributed by atoms with E-state index in [1.807, 2.05) is 6.07 Å². The zero-order chi connectivity index (χ0) is 26.2. The number of fused-ring (bicyclic) bond motifs is 2. The minimum Gasteiger partial charge on any atom is -0.484 e. The summed E-state index contributed by atoms with van der Waals surface area (Å²) in [4.78, 5) is 12.0. The van der Waals surface area contributed by atoms with Gasteiger partial charge >= 0.3 is 5.92 Å². The summed E-state index contributed by atoms with van der Waals surface area (Å²) in [5.74, 6) is -4.16. The van der Waals surface area contributed by atoms with Crippen molar-refractivity contribution in [2.75, 3.05) is 6.79 Å². The summed E-state index contributed by atoms with van der Waals surface area (Å²) in [5.41, 5.74) is 2.90. The number of amides is 1. The zero-order valence-electron chi connectivity index (χ0n) is 20.1. The lowest BCUT2D eigenvalue weighted by Crippen LogP contribution is -2.46. The largest absolute Gasteiger partial charge is 0.484 e. The molecule has 1 aromatic heterocycles. The average Bonchev–Trinajstić information content (AvgIpc) is 3.30. The SMILES string of the molecule is C[C@H](NC(=O)C(C)(F)F)[C@H](Oc1ccc2c(cnn2-c2ccc(F)cc2)c1)c1ccc2c(c1)COCO2. The number of hydrogen-bond acceptors (Lipinski definition) is 5. The van der Waals surface area contributed by atoms with Gasteiger partial charge in [-0.25, -0.2) is 9.07 Å². The fraction of sp³-hybridized carbons (Fsp3) is 0.259. The monoisotopic (exact) mass is 511 g/mol. The summed E-state index contributed by atoms with van der Waals surface area (Å²) in [6, 6.07) is 15.8. The second-order valence-electron chi connectivity index (χ2n) is 8.92. The number of aromatic nitrogens is 2. The van der Waals surface area contributed by atoms with Gasteiger partial charge in [0.1, 0.15) is 23.4 Å². The summed E-state index contributed by atoms with van der Waals surface area (Å²) >= 11 is 0. The molecule has 0 saturated carbocycles. The van der Waals surface area contributed by atoms with Crippen LogP contribution in [0.3, 0.4) is 0 Å². The topological polar surface area (TPSA) is 74.6 Å². The zero-order valence-corrected chi connectivity index (χ0v) is 20.1. The van der Waals surface area contributed by atoms with Crippen molar-refractivity contribution in [2.24, 2.45) is 0 Å². The van der Waals surface area contributed by atoms with Crippen LogP contribution in [0.25, 0.3) is 16.6 Å². The van der Waals surface area contributed by atoms with E-state index in [-0.39, 0.29) is 12.6 Å². The molecule has 37 heavy (non-hydrogen) atoms. The molecule has 1 aliphatic heterocycles. The minimum atomic E-state index is -3.54. The lowest BCUT2D eigenvalue weighted by molar-refractivity contribution is -0.144. The van der Waals surface area contributed by atoms with E-state index >= 15 is 0 Å².